The van der Waals surface area contributed by atoms with Crippen molar-refractivity contribution in [3.63, 3.8) is 0 Å². The first kappa shape index (κ1) is 41.1. The Kier molecular flexibility index (Phi) is 15.6. The first-order valence-corrected chi connectivity index (χ1v) is 20.6. The van der Waals surface area contributed by atoms with Crippen molar-refractivity contribution in [2.75, 3.05) is 32.5 Å². The number of carbonyl (C=O) groups is 5. The number of hydrogen-bond donors (Lipinski definition) is 1. The molecule has 54 heavy (non-hydrogen) atoms. The number of unbranched alkanes of at least 4 members (excludes halogenated alkanes) is 6. The van der Waals surface area contributed by atoms with Crippen molar-refractivity contribution in [2.24, 2.45) is 15.9 Å². The van der Waals surface area contributed by atoms with Crippen LogP contribution in [0.1, 0.15) is 118 Å². The lowest BCUT2D eigenvalue weighted by Crippen LogP contribution is -2.48. The smallest absolute Gasteiger partial charge is 0.265 e. The van der Waals surface area contributed by atoms with Gasteiger partial charge in [0.2, 0.25) is 5.91 Å². The van der Waals surface area contributed by atoms with Crippen LogP contribution in [0, 0.1) is 5.92 Å². The molecule has 1 aromatic rings. The molecule has 13 heteroatoms. The largest absolute Gasteiger partial charge is 0.493 e. The molecular weight excluding hydrogens is 705 g/mol. The van der Waals surface area contributed by atoms with Gasteiger partial charge in [-0.25, -0.2) is 0 Å². The molecule has 3 aliphatic heterocycles. The lowest BCUT2D eigenvalue weighted by molar-refractivity contribution is -0.124. The van der Waals surface area contributed by atoms with E-state index in [1.165, 1.54) is 26.3 Å². The van der Waals surface area contributed by atoms with Crippen molar-refractivity contribution in [3.05, 3.63) is 53.3 Å². The van der Waals surface area contributed by atoms with Gasteiger partial charge in [0, 0.05) is 56.2 Å². The molecule has 1 aliphatic carbocycles. The van der Waals surface area contributed by atoms with E-state index < -0.39 is 17.9 Å². The van der Waals surface area contributed by atoms with Gasteiger partial charge >= 0.3 is 0 Å². The molecule has 3 unspecified atom stereocenters. The number of rotatable bonds is 20. The van der Waals surface area contributed by atoms with E-state index in [0.29, 0.717) is 24.6 Å². The number of benzene rings is 1. The predicted molar refractivity (Wildman–Crippen MR) is 213 cm³/mol. The first-order chi connectivity index (χ1) is 26.3. The van der Waals surface area contributed by atoms with Crippen LogP contribution in [-0.2, 0) is 14.4 Å². The van der Waals surface area contributed by atoms with E-state index in [4.69, 9.17) is 9.73 Å². The van der Waals surface area contributed by atoms with Gasteiger partial charge in [-0.1, -0.05) is 63.5 Å². The molecule has 1 N–H and O–H groups in total. The molecule has 1 saturated carbocycles. The van der Waals surface area contributed by atoms with Gasteiger partial charge < -0.3 is 14.8 Å². The third-order valence-corrected chi connectivity index (χ3v) is 12.1. The molecule has 5 rings (SSSR count). The molecular formula is C41H56N6O6S. The lowest BCUT2D eigenvalue weighted by atomic mass is 10.00. The summed E-state index contributed by atoms with van der Waals surface area (Å²) in [7, 11) is 1.50. The normalized spacial score (nSPS) is 22.7. The number of imide groups is 1. The van der Waals surface area contributed by atoms with Gasteiger partial charge in [-0.05, 0) is 75.8 Å². The number of ether oxygens (including phenoxy) is 1. The molecule has 12 nitrogen and oxygen atoms in total. The Bertz CT molecular complexity index is 1620. The Morgan fingerprint density at radius 2 is 1.76 bits per heavy atom. The number of nitrogens with one attached hydrogen (secondary N) is 1. The van der Waals surface area contributed by atoms with Crippen LogP contribution >= 0.6 is 11.9 Å². The van der Waals surface area contributed by atoms with Gasteiger partial charge in [0.05, 0.1) is 29.8 Å². The van der Waals surface area contributed by atoms with Crippen molar-refractivity contribution in [3.8, 4) is 5.75 Å². The molecule has 0 spiro atoms. The number of fused-ring (bicyclic) bond motifs is 1. The highest BCUT2D eigenvalue weighted by Crippen LogP contribution is 2.34. The Labute approximate surface area is 324 Å². The minimum absolute atomic E-state index is 0.0249. The zero-order valence-electron chi connectivity index (χ0n) is 31.9. The summed E-state index contributed by atoms with van der Waals surface area (Å²) in [5.41, 5.74) is 1.28. The third-order valence-electron chi connectivity index (χ3n) is 10.9. The third kappa shape index (κ3) is 10.3. The van der Waals surface area contributed by atoms with Crippen molar-refractivity contribution >= 4 is 54.4 Å². The summed E-state index contributed by atoms with van der Waals surface area (Å²) in [6, 6.07) is 4.30. The van der Waals surface area contributed by atoms with Crippen molar-refractivity contribution in [1.82, 2.24) is 19.4 Å². The minimum Gasteiger partial charge on any atom is -0.493 e. The zero-order valence-corrected chi connectivity index (χ0v) is 32.7. The molecule has 1 saturated heterocycles. The second-order valence-electron chi connectivity index (χ2n) is 14.6. The summed E-state index contributed by atoms with van der Waals surface area (Å²) >= 11 is 1.94. The average molecular weight is 761 g/mol. The Balaban J connectivity index is 0.949. The van der Waals surface area contributed by atoms with Crippen molar-refractivity contribution < 1.29 is 28.7 Å². The van der Waals surface area contributed by atoms with Crippen LogP contribution in [0.2, 0.25) is 0 Å². The van der Waals surface area contributed by atoms with E-state index in [2.05, 4.69) is 28.3 Å². The topological polar surface area (TPSA) is 141 Å². The molecule has 4 amide bonds. The molecule has 0 radical (unpaired) electrons. The van der Waals surface area contributed by atoms with Crippen LogP contribution in [0.5, 0.6) is 5.75 Å². The summed E-state index contributed by atoms with van der Waals surface area (Å²) in [4.78, 5) is 74.8. The molecule has 292 valence electrons. The molecule has 3 atom stereocenters. The van der Waals surface area contributed by atoms with Crippen LogP contribution in [0.15, 0.2) is 52.1 Å². The van der Waals surface area contributed by atoms with Crippen LogP contribution < -0.4 is 10.1 Å². The number of amides is 4. The van der Waals surface area contributed by atoms with E-state index in [1.807, 2.05) is 22.9 Å². The van der Waals surface area contributed by atoms with Gasteiger partial charge in [-0.2, -0.15) is 0 Å². The van der Waals surface area contributed by atoms with Crippen LogP contribution in [0.25, 0.3) is 0 Å². The standard InChI is InChI=1S/C41H56N6O6S/c1-29-13-11-15-34(29)47-37(50)20-17-30(27-42-2)39(47)44-31-21-23-45(24-22-31)54-26-10-8-6-4-5-7-9-25-53-35-16-12-14-33-38(35)41(52)46(40(33)51)32(28-48)18-19-36(49)43-3/h12,14,16-17,20,27-29,31-32,34H,2,4-11,13,15,18-19,21-26H2,1,3H3,(H,43,49)/b30-27-,44-39?. The molecule has 4 aliphatic rings. The molecule has 0 aromatic heterocycles. The van der Waals surface area contributed by atoms with E-state index >= 15 is 0 Å². The van der Waals surface area contributed by atoms with E-state index in [-0.39, 0.29) is 47.9 Å². The second-order valence-corrected chi connectivity index (χ2v) is 15.8. The highest BCUT2D eigenvalue weighted by atomic mass is 32.2. The van der Waals surface area contributed by atoms with Gasteiger partial charge in [-0.3, -0.25) is 43.3 Å². The highest BCUT2D eigenvalue weighted by Gasteiger charge is 2.42. The van der Waals surface area contributed by atoms with Gasteiger partial charge in [0.15, 0.2) is 0 Å². The number of aliphatic imine (C=N–C) groups is 2. The maximum Gasteiger partial charge on any atom is 0.265 e. The van der Waals surface area contributed by atoms with Gasteiger partial charge in [0.25, 0.3) is 17.7 Å². The minimum atomic E-state index is -1.01. The van der Waals surface area contributed by atoms with Gasteiger partial charge in [-0.15, -0.1) is 0 Å². The second kappa shape index (κ2) is 20.5. The molecule has 1 aromatic carbocycles. The van der Waals surface area contributed by atoms with Crippen LogP contribution in [-0.4, -0.2) is 107 Å². The van der Waals surface area contributed by atoms with E-state index in [1.54, 1.807) is 30.5 Å². The monoisotopic (exact) mass is 760 g/mol. The number of nitrogens with zero attached hydrogens (tertiary/aromatic N) is 5. The van der Waals surface area contributed by atoms with Crippen molar-refractivity contribution in [2.45, 2.75) is 115 Å². The number of piperidine rings is 1. The van der Waals surface area contributed by atoms with Crippen LogP contribution in [0.4, 0.5) is 0 Å². The molecule has 3 heterocycles. The fourth-order valence-electron chi connectivity index (χ4n) is 7.82. The first-order valence-electron chi connectivity index (χ1n) is 19.7. The maximum absolute atomic E-state index is 13.2. The predicted octanol–water partition coefficient (Wildman–Crippen LogP) is 6.17. The Morgan fingerprint density at radius 3 is 2.44 bits per heavy atom. The quantitative estimate of drug-likeness (QED) is 0.0548. The number of aldehydes is 1. The number of carbonyl (C=O) groups excluding carboxylic acids is 5. The SMILES string of the molecule is C=N/C=C1/C=CC(=O)N(C2CCCC2C)C1=NC1CCN(SCCCCCCCCCOc2cccc3c2C(=O)N(C(C=O)CCC(=O)NC)C3=O)CC1. The number of hydrogen-bond acceptors (Lipinski definition) is 10. The van der Waals surface area contributed by atoms with Gasteiger partial charge in [0.1, 0.15) is 17.9 Å². The summed E-state index contributed by atoms with van der Waals surface area (Å²) in [5.74, 6) is 1.36. The van der Waals surface area contributed by atoms with Crippen LogP contribution in [0.3, 0.4) is 0 Å². The molecule has 2 fully saturated rings. The fraction of sp³-hybridized carbons (Fsp3) is 0.585. The van der Waals surface area contributed by atoms with E-state index in [9.17, 15) is 24.0 Å². The lowest BCUT2D eigenvalue weighted by Gasteiger charge is -2.36. The maximum atomic E-state index is 13.2. The summed E-state index contributed by atoms with van der Waals surface area (Å²) < 4.78 is 8.43. The highest BCUT2D eigenvalue weighted by molar-refractivity contribution is 7.97. The van der Waals surface area contributed by atoms with Crippen molar-refractivity contribution in [1.29, 1.82) is 0 Å². The number of amidine groups is 1. The summed E-state index contributed by atoms with van der Waals surface area (Å²) in [6.07, 6.45) is 18.8. The van der Waals surface area contributed by atoms with E-state index in [0.717, 1.165) is 92.9 Å². The summed E-state index contributed by atoms with van der Waals surface area (Å²) in [6.45, 7) is 8.29. The molecule has 0 bridgehead atoms. The Morgan fingerprint density at radius 1 is 1.02 bits per heavy atom. The average Bonchev–Trinajstić information content (AvgIpc) is 3.71. The zero-order chi connectivity index (χ0) is 38.5. The Hall–Kier alpha value is -4.10. The summed E-state index contributed by atoms with van der Waals surface area (Å²) in [5, 5.41) is 2.49. The fourth-order valence-corrected chi connectivity index (χ4v) is 8.88.